The summed E-state index contributed by atoms with van der Waals surface area (Å²) < 4.78 is 0. The van der Waals surface area contributed by atoms with Crippen molar-refractivity contribution in [2.75, 3.05) is 25.1 Å². The van der Waals surface area contributed by atoms with Gasteiger partial charge in [0.1, 0.15) is 0 Å². The van der Waals surface area contributed by atoms with Crippen molar-refractivity contribution in [3.05, 3.63) is 29.8 Å². The Morgan fingerprint density at radius 3 is 2.39 bits per heavy atom. The van der Waals surface area contributed by atoms with E-state index in [0.717, 1.165) is 49.0 Å². The highest BCUT2D eigenvalue weighted by atomic mass is 16.6. The quantitative estimate of drug-likeness (QED) is 0.700. The third kappa shape index (κ3) is 4.65. The third-order valence-electron chi connectivity index (χ3n) is 7.78. The zero-order valence-corrected chi connectivity index (χ0v) is 19.2. The minimum atomic E-state index is -0.421. The van der Waals surface area contributed by atoms with Crippen molar-refractivity contribution < 1.29 is 14.4 Å². The van der Waals surface area contributed by atoms with E-state index in [1.807, 2.05) is 29.2 Å². The number of carbonyl (C=O) groups is 2. The maximum Gasteiger partial charge on any atom is 0.244 e. The Morgan fingerprint density at radius 1 is 1.06 bits per heavy atom. The first-order chi connectivity index (χ1) is 15.0. The lowest BCUT2D eigenvalue weighted by Crippen LogP contribution is -2.50. The average Bonchev–Trinajstić information content (AvgIpc) is 3.05. The maximum absolute atomic E-state index is 13.4. The third-order valence-corrected chi connectivity index (χ3v) is 7.78. The van der Waals surface area contributed by atoms with Crippen LogP contribution in [0.25, 0.3) is 0 Å². The number of rotatable bonds is 6. The second-order valence-electron chi connectivity index (χ2n) is 9.83. The molecule has 0 bridgehead atoms. The number of nitrogens with zero attached hydrogens (tertiary/aromatic N) is 2. The Bertz CT molecular complexity index is 780. The SMILES string of the molecule is CONC(=O)C[C@H]1C(=O)N(C2CCN(C3CCC(C(C)C)CC3)CC2)c2ccccc21. The first kappa shape index (κ1) is 22.3. The fourth-order valence-electron chi connectivity index (χ4n) is 5.98. The number of benzene rings is 1. The summed E-state index contributed by atoms with van der Waals surface area (Å²) in [5.41, 5.74) is 4.30. The van der Waals surface area contributed by atoms with Gasteiger partial charge >= 0.3 is 0 Å². The number of carbonyl (C=O) groups excluding carboxylic acids is 2. The molecule has 0 spiro atoms. The summed E-state index contributed by atoms with van der Waals surface area (Å²) in [6, 6.07) is 8.88. The molecule has 2 fully saturated rings. The molecule has 2 amide bonds. The van der Waals surface area contributed by atoms with E-state index in [1.54, 1.807) is 0 Å². The summed E-state index contributed by atoms with van der Waals surface area (Å²) in [4.78, 5) is 34.9. The van der Waals surface area contributed by atoms with E-state index in [4.69, 9.17) is 4.84 Å². The zero-order chi connectivity index (χ0) is 22.0. The van der Waals surface area contributed by atoms with Crippen LogP contribution in [0.4, 0.5) is 5.69 Å². The Morgan fingerprint density at radius 2 is 1.74 bits per heavy atom. The second-order valence-corrected chi connectivity index (χ2v) is 9.83. The van der Waals surface area contributed by atoms with Crippen LogP contribution in [0.3, 0.4) is 0 Å². The number of nitrogens with one attached hydrogen (secondary N) is 1. The lowest BCUT2D eigenvalue weighted by molar-refractivity contribution is -0.133. The van der Waals surface area contributed by atoms with E-state index < -0.39 is 5.92 Å². The fourth-order valence-corrected chi connectivity index (χ4v) is 5.98. The van der Waals surface area contributed by atoms with E-state index in [0.29, 0.717) is 6.04 Å². The van der Waals surface area contributed by atoms with Gasteiger partial charge in [-0.25, -0.2) is 5.48 Å². The molecule has 1 saturated heterocycles. The van der Waals surface area contributed by atoms with E-state index in [-0.39, 0.29) is 24.3 Å². The summed E-state index contributed by atoms with van der Waals surface area (Å²) in [5, 5.41) is 0. The molecule has 0 radical (unpaired) electrons. The standard InChI is InChI=1S/C25H37N3O3/c1-17(2)18-8-10-19(11-9-18)27-14-12-20(13-15-27)28-23-7-5-4-6-21(23)22(25(28)30)16-24(29)26-31-3/h4-7,17-20,22H,8-16H2,1-3H3,(H,26,29)/t18?,19?,22-/m1/s1. The second kappa shape index (κ2) is 9.70. The highest BCUT2D eigenvalue weighted by molar-refractivity contribution is 6.07. The van der Waals surface area contributed by atoms with Crippen LogP contribution in [0.15, 0.2) is 24.3 Å². The Labute approximate surface area is 186 Å². The average molecular weight is 428 g/mol. The Kier molecular flexibility index (Phi) is 6.97. The van der Waals surface area contributed by atoms with Gasteiger partial charge in [0.15, 0.2) is 0 Å². The molecular formula is C25H37N3O3. The van der Waals surface area contributed by atoms with Gasteiger partial charge in [-0.1, -0.05) is 32.0 Å². The minimum Gasteiger partial charge on any atom is -0.308 e. The molecule has 1 aromatic carbocycles. The zero-order valence-electron chi connectivity index (χ0n) is 19.2. The van der Waals surface area contributed by atoms with Gasteiger partial charge < -0.3 is 9.80 Å². The van der Waals surface area contributed by atoms with Gasteiger partial charge in [0.05, 0.1) is 13.0 Å². The lowest BCUT2D eigenvalue weighted by Gasteiger charge is -2.43. The summed E-state index contributed by atoms with van der Waals surface area (Å²) in [6.45, 7) is 6.83. The molecule has 1 N–H and O–H groups in total. The van der Waals surface area contributed by atoms with Crippen molar-refractivity contribution in [3.63, 3.8) is 0 Å². The van der Waals surface area contributed by atoms with E-state index >= 15 is 0 Å². The van der Waals surface area contributed by atoms with E-state index in [2.05, 4.69) is 24.2 Å². The van der Waals surface area contributed by atoms with Crippen LogP contribution >= 0.6 is 0 Å². The molecule has 170 valence electrons. The van der Waals surface area contributed by atoms with Crippen LogP contribution in [-0.4, -0.2) is 49.0 Å². The molecule has 2 heterocycles. The van der Waals surface area contributed by atoms with Gasteiger partial charge in [-0.3, -0.25) is 14.4 Å². The van der Waals surface area contributed by atoms with Gasteiger partial charge in [-0.05, 0) is 62.0 Å². The van der Waals surface area contributed by atoms with Crippen molar-refractivity contribution in [1.29, 1.82) is 0 Å². The molecule has 1 aromatic rings. The molecule has 6 nitrogen and oxygen atoms in total. The van der Waals surface area contributed by atoms with Crippen molar-refractivity contribution in [2.24, 2.45) is 11.8 Å². The van der Waals surface area contributed by atoms with Crippen LogP contribution in [0.5, 0.6) is 0 Å². The Balaban J connectivity index is 1.39. The number of likely N-dealkylation sites (tertiary alicyclic amines) is 1. The van der Waals surface area contributed by atoms with Gasteiger partial charge in [0.25, 0.3) is 0 Å². The smallest absolute Gasteiger partial charge is 0.244 e. The summed E-state index contributed by atoms with van der Waals surface area (Å²) in [5.74, 6) is 1.06. The van der Waals surface area contributed by atoms with Crippen LogP contribution in [-0.2, 0) is 14.4 Å². The Hall–Kier alpha value is -1.92. The molecule has 1 aliphatic carbocycles. The number of hydrogen-bond donors (Lipinski definition) is 1. The summed E-state index contributed by atoms with van der Waals surface area (Å²) in [6.07, 6.45) is 7.46. The molecule has 1 saturated carbocycles. The molecule has 0 unspecified atom stereocenters. The van der Waals surface area contributed by atoms with E-state index in [9.17, 15) is 9.59 Å². The highest BCUT2D eigenvalue weighted by Crippen LogP contribution is 2.42. The molecule has 0 aromatic heterocycles. The van der Waals surface area contributed by atoms with Crippen molar-refractivity contribution in [1.82, 2.24) is 10.4 Å². The number of fused-ring (bicyclic) bond motifs is 1. The summed E-state index contributed by atoms with van der Waals surface area (Å²) in [7, 11) is 1.41. The van der Waals surface area contributed by atoms with Gasteiger partial charge in [0.2, 0.25) is 11.8 Å². The molecular weight excluding hydrogens is 390 g/mol. The number of hydroxylamine groups is 1. The fraction of sp³-hybridized carbons (Fsp3) is 0.680. The van der Waals surface area contributed by atoms with Crippen molar-refractivity contribution in [3.8, 4) is 0 Å². The summed E-state index contributed by atoms with van der Waals surface area (Å²) >= 11 is 0. The van der Waals surface area contributed by atoms with Crippen LogP contribution in [0.2, 0.25) is 0 Å². The maximum atomic E-state index is 13.4. The van der Waals surface area contributed by atoms with Crippen molar-refractivity contribution >= 4 is 17.5 Å². The van der Waals surface area contributed by atoms with Crippen LogP contribution in [0, 0.1) is 11.8 Å². The van der Waals surface area contributed by atoms with Gasteiger partial charge in [-0.15, -0.1) is 0 Å². The number of para-hydroxylation sites is 1. The number of hydrogen-bond acceptors (Lipinski definition) is 4. The van der Waals surface area contributed by atoms with Crippen LogP contribution < -0.4 is 10.4 Å². The van der Waals surface area contributed by atoms with E-state index in [1.165, 1.54) is 32.8 Å². The van der Waals surface area contributed by atoms with Gasteiger partial charge in [0, 0.05) is 37.3 Å². The monoisotopic (exact) mass is 427 g/mol. The first-order valence-corrected chi connectivity index (χ1v) is 12.0. The lowest BCUT2D eigenvalue weighted by atomic mass is 9.79. The molecule has 2 aliphatic heterocycles. The molecule has 4 rings (SSSR count). The first-order valence-electron chi connectivity index (χ1n) is 12.0. The molecule has 3 aliphatic rings. The molecule has 6 heteroatoms. The molecule has 31 heavy (non-hydrogen) atoms. The molecule has 1 atom stereocenters. The number of amides is 2. The number of anilines is 1. The minimum absolute atomic E-state index is 0.0587. The largest absolute Gasteiger partial charge is 0.308 e. The topological polar surface area (TPSA) is 61.9 Å². The highest BCUT2D eigenvalue weighted by Gasteiger charge is 2.42. The van der Waals surface area contributed by atoms with Crippen LogP contribution in [0.1, 0.15) is 70.3 Å². The normalized spacial score (nSPS) is 27.5. The van der Waals surface area contributed by atoms with Crippen molar-refractivity contribution in [2.45, 2.75) is 76.8 Å². The van der Waals surface area contributed by atoms with Gasteiger partial charge in [-0.2, -0.15) is 0 Å². The predicted molar refractivity (Wildman–Crippen MR) is 122 cm³/mol. The number of piperidine rings is 1. The predicted octanol–water partition coefficient (Wildman–Crippen LogP) is 3.86.